The molecule has 0 saturated carbocycles. The van der Waals surface area contributed by atoms with Gasteiger partial charge in [0.25, 0.3) is 0 Å². The van der Waals surface area contributed by atoms with Crippen molar-refractivity contribution in [3.05, 3.63) is 57.6 Å². The van der Waals surface area contributed by atoms with Crippen LogP contribution in [0.3, 0.4) is 0 Å². The zero-order valence-electron chi connectivity index (χ0n) is 13.4. The second kappa shape index (κ2) is 6.19. The molecule has 0 aliphatic rings. The molecule has 0 heterocycles. The fourth-order valence-corrected chi connectivity index (χ4v) is 2.72. The van der Waals surface area contributed by atoms with Gasteiger partial charge in [-0.25, -0.2) is 0 Å². The Morgan fingerprint density at radius 3 is 1.48 bits per heavy atom. The molecule has 3 heteroatoms. The summed E-state index contributed by atoms with van der Waals surface area (Å²) >= 11 is 0. The third-order valence-electron chi connectivity index (χ3n) is 3.62. The molecular formula is C18H22N2O. The van der Waals surface area contributed by atoms with Crippen LogP contribution in [0.15, 0.2) is 34.5 Å². The first-order valence-corrected chi connectivity index (χ1v) is 7.13. The van der Waals surface area contributed by atoms with Gasteiger partial charge in [-0.05, 0) is 62.4 Å². The number of benzene rings is 2. The van der Waals surface area contributed by atoms with Gasteiger partial charge < -0.3 is 5.11 Å². The summed E-state index contributed by atoms with van der Waals surface area (Å²) in [6.45, 7) is 10.2. The van der Waals surface area contributed by atoms with Gasteiger partial charge >= 0.3 is 0 Å². The molecule has 1 N–H and O–H groups in total. The zero-order chi connectivity index (χ0) is 15.6. The van der Waals surface area contributed by atoms with E-state index in [0.29, 0.717) is 0 Å². The Bertz CT molecular complexity index is 656. The van der Waals surface area contributed by atoms with Gasteiger partial charge in [-0.15, -0.1) is 10.2 Å². The van der Waals surface area contributed by atoms with E-state index in [0.717, 1.165) is 39.2 Å². The molecule has 0 aliphatic heterocycles. The summed E-state index contributed by atoms with van der Waals surface area (Å²) in [5.41, 5.74) is 8.31. The third kappa shape index (κ3) is 3.37. The topological polar surface area (TPSA) is 45.0 Å². The van der Waals surface area contributed by atoms with Crippen LogP contribution in [0.1, 0.15) is 33.4 Å². The van der Waals surface area contributed by atoms with Crippen molar-refractivity contribution in [3.63, 3.8) is 0 Å². The average molecular weight is 282 g/mol. The minimum atomic E-state index is 0.0509. The van der Waals surface area contributed by atoms with Crippen molar-refractivity contribution in [2.45, 2.75) is 41.2 Å². The van der Waals surface area contributed by atoms with E-state index in [4.69, 9.17) is 0 Å². The highest BCUT2D eigenvalue weighted by Gasteiger charge is 2.06. The van der Waals surface area contributed by atoms with E-state index in [1.807, 2.05) is 26.0 Å². The predicted molar refractivity (Wildman–Crippen MR) is 86.7 cm³/mol. The van der Waals surface area contributed by atoms with E-state index in [2.05, 4.69) is 43.1 Å². The lowest BCUT2D eigenvalue weighted by atomic mass is 10.0. The van der Waals surface area contributed by atoms with Gasteiger partial charge in [-0.1, -0.05) is 29.8 Å². The SMILES string of the molecule is Cc1cc(C)c(N=Nc2c(C)cc(CO)cc2C)c(C)c1. The maximum atomic E-state index is 9.23. The lowest BCUT2D eigenvalue weighted by Gasteiger charge is -2.08. The molecule has 21 heavy (non-hydrogen) atoms. The number of rotatable bonds is 3. The van der Waals surface area contributed by atoms with Crippen LogP contribution < -0.4 is 0 Å². The van der Waals surface area contributed by atoms with Gasteiger partial charge in [0, 0.05) is 0 Å². The van der Waals surface area contributed by atoms with E-state index < -0.39 is 0 Å². The molecule has 3 nitrogen and oxygen atoms in total. The van der Waals surface area contributed by atoms with E-state index >= 15 is 0 Å². The Morgan fingerprint density at radius 2 is 1.10 bits per heavy atom. The monoisotopic (exact) mass is 282 g/mol. The highest BCUT2D eigenvalue weighted by atomic mass is 16.3. The fourth-order valence-electron chi connectivity index (χ4n) is 2.72. The average Bonchev–Trinajstić information content (AvgIpc) is 2.39. The van der Waals surface area contributed by atoms with E-state index in [-0.39, 0.29) is 6.61 Å². The molecule has 2 aromatic carbocycles. The molecule has 0 atom stereocenters. The van der Waals surface area contributed by atoms with E-state index in [1.54, 1.807) is 0 Å². The smallest absolute Gasteiger partial charge is 0.0915 e. The van der Waals surface area contributed by atoms with Crippen LogP contribution in [-0.2, 0) is 6.61 Å². The molecule has 0 amide bonds. The van der Waals surface area contributed by atoms with Crippen LogP contribution in [0.4, 0.5) is 11.4 Å². The summed E-state index contributed by atoms with van der Waals surface area (Å²) in [6.07, 6.45) is 0. The molecule has 0 unspecified atom stereocenters. The van der Waals surface area contributed by atoms with Crippen LogP contribution in [0, 0.1) is 34.6 Å². The van der Waals surface area contributed by atoms with Crippen LogP contribution in [0.2, 0.25) is 0 Å². The van der Waals surface area contributed by atoms with Crippen LogP contribution in [0.25, 0.3) is 0 Å². The van der Waals surface area contributed by atoms with Crippen LogP contribution >= 0.6 is 0 Å². The first kappa shape index (κ1) is 15.4. The Hall–Kier alpha value is -2.00. The standard InChI is InChI=1S/C18H22N2O/c1-11-6-12(2)17(13(3)7-11)19-20-18-14(4)8-16(10-21)9-15(18)5/h6-9,21H,10H2,1-5H3. The molecular weight excluding hydrogens is 260 g/mol. The number of aryl methyl sites for hydroxylation is 5. The summed E-state index contributed by atoms with van der Waals surface area (Å²) in [5.74, 6) is 0. The molecule has 2 aromatic rings. The first-order chi connectivity index (χ1) is 9.92. The van der Waals surface area contributed by atoms with Gasteiger partial charge in [-0.2, -0.15) is 0 Å². The highest BCUT2D eigenvalue weighted by Crippen LogP contribution is 2.30. The Morgan fingerprint density at radius 1 is 0.714 bits per heavy atom. The first-order valence-electron chi connectivity index (χ1n) is 7.13. The minimum absolute atomic E-state index is 0.0509. The van der Waals surface area contributed by atoms with Gasteiger partial charge in [0.1, 0.15) is 0 Å². The molecule has 0 bridgehead atoms. The van der Waals surface area contributed by atoms with Crippen molar-refractivity contribution < 1.29 is 5.11 Å². The molecule has 0 radical (unpaired) electrons. The van der Waals surface area contributed by atoms with Gasteiger partial charge in [0.15, 0.2) is 0 Å². The molecule has 0 saturated heterocycles. The zero-order valence-corrected chi connectivity index (χ0v) is 13.4. The van der Waals surface area contributed by atoms with Crippen LogP contribution in [0.5, 0.6) is 0 Å². The van der Waals surface area contributed by atoms with Gasteiger partial charge in [-0.3, -0.25) is 0 Å². The lowest BCUT2D eigenvalue weighted by molar-refractivity contribution is 0.281. The second-order valence-electron chi connectivity index (χ2n) is 5.68. The van der Waals surface area contributed by atoms with Gasteiger partial charge in [0.05, 0.1) is 18.0 Å². The maximum absolute atomic E-state index is 9.23. The van der Waals surface area contributed by atoms with Crippen molar-refractivity contribution in [1.29, 1.82) is 0 Å². The van der Waals surface area contributed by atoms with Gasteiger partial charge in [0.2, 0.25) is 0 Å². The van der Waals surface area contributed by atoms with Crippen molar-refractivity contribution in [1.82, 2.24) is 0 Å². The molecule has 0 aliphatic carbocycles. The quantitative estimate of drug-likeness (QED) is 0.779. The lowest BCUT2D eigenvalue weighted by Crippen LogP contribution is -1.88. The largest absolute Gasteiger partial charge is 0.392 e. The molecule has 110 valence electrons. The number of aliphatic hydroxyl groups is 1. The fraction of sp³-hybridized carbons (Fsp3) is 0.333. The minimum Gasteiger partial charge on any atom is -0.392 e. The van der Waals surface area contributed by atoms with Crippen molar-refractivity contribution in [2.75, 3.05) is 0 Å². The second-order valence-corrected chi connectivity index (χ2v) is 5.68. The molecule has 0 spiro atoms. The maximum Gasteiger partial charge on any atom is 0.0915 e. The number of azo groups is 1. The molecule has 0 aromatic heterocycles. The third-order valence-corrected chi connectivity index (χ3v) is 3.62. The van der Waals surface area contributed by atoms with E-state index in [9.17, 15) is 5.11 Å². The van der Waals surface area contributed by atoms with Crippen molar-refractivity contribution in [3.8, 4) is 0 Å². The Balaban J connectivity index is 2.43. The summed E-state index contributed by atoms with van der Waals surface area (Å²) in [4.78, 5) is 0. The predicted octanol–water partition coefficient (Wildman–Crippen LogP) is 5.14. The van der Waals surface area contributed by atoms with Crippen molar-refractivity contribution in [2.24, 2.45) is 10.2 Å². The van der Waals surface area contributed by atoms with E-state index in [1.165, 1.54) is 5.56 Å². The van der Waals surface area contributed by atoms with Crippen LogP contribution in [-0.4, -0.2) is 5.11 Å². The Labute approximate surface area is 126 Å². The summed E-state index contributed by atoms with van der Waals surface area (Å²) < 4.78 is 0. The normalized spacial score (nSPS) is 11.3. The highest BCUT2D eigenvalue weighted by molar-refractivity contribution is 5.56. The number of hydrogen-bond donors (Lipinski definition) is 1. The van der Waals surface area contributed by atoms with Crippen molar-refractivity contribution >= 4 is 11.4 Å². The Kier molecular flexibility index (Phi) is 4.53. The molecule has 0 fully saturated rings. The summed E-state index contributed by atoms with van der Waals surface area (Å²) in [6, 6.07) is 8.15. The number of nitrogens with zero attached hydrogens (tertiary/aromatic N) is 2. The number of hydrogen-bond acceptors (Lipinski definition) is 3. The number of aliphatic hydroxyl groups excluding tert-OH is 1. The summed E-state index contributed by atoms with van der Waals surface area (Å²) in [7, 11) is 0. The summed E-state index contributed by atoms with van der Waals surface area (Å²) in [5, 5.41) is 18.1. The molecule has 2 rings (SSSR count).